The van der Waals surface area contributed by atoms with Crippen LogP contribution < -0.4 is 15.1 Å². The summed E-state index contributed by atoms with van der Waals surface area (Å²) in [6.45, 7) is 10.1. The Kier molecular flexibility index (Phi) is 6.91. The summed E-state index contributed by atoms with van der Waals surface area (Å²) in [7, 11) is 2.17. The maximum Gasteiger partial charge on any atom is 0.134 e. The molecule has 4 rings (SSSR count). The number of rotatable bonds is 7. The summed E-state index contributed by atoms with van der Waals surface area (Å²) < 4.78 is 0. The average molecular weight is 432 g/mol. The smallest absolute Gasteiger partial charge is 0.134 e. The van der Waals surface area contributed by atoms with Crippen molar-refractivity contribution in [1.29, 1.82) is 5.26 Å². The van der Waals surface area contributed by atoms with Crippen LogP contribution in [0.5, 0.6) is 0 Å². The number of aryl methyl sites for hydroxylation is 1. The number of nitrogens with one attached hydrogen (secondary N) is 1. The molecule has 0 bridgehead atoms. The van der Waals surface area contributed by atoms with Crippen LogP contribution in [-0.2, 0) is 6.42 Å². The van der Waals surface area contributed by atoms with Crippen LogP contribution in [0.1, 0.15) is 30.3 Å². The van der Waals surface area contributed by atoms with Crippen molar-refractivity contribution in [2.75, 3.05) is 56.1 Å². The van der Waals surface area contributed by atoms with Crippen molar-refractivity contribution in [3.05, 3.63) is 59.1 Å². The molecular weight excluding hydrogens is 398 g/mol. The molecule has 0 aliphatic carbocycles. The molecule has 0 unspecified atom stereocenters. The van der Waals surface area contributed by atoms with Crippen molar-refractivity contribution < 1.29 is 0 Å². The molecule has 3 heterocycles. The van der Waals surface area contributed by atoms with Gasteiger partial charge in [0.2, 0.25) is 0 Å². The van der Waals surface area contributed by atoms with Crippen molar-refractivity contribution in [3.63, 3.8) is 0 Å². The molecule has 0 radical (unpaired) electrons. The Balaban J connectivity index is 1.39. The van der Waals surface area contributed by atoms with Gasteiger partial charge in [-0.25, -0.2) is 9.97 Å². The molecule has 0 spiro atoms. The van der Waals surface area contributed by atoms with E-state index in [-0.39, 0.29) is 0 Å². The SMILES string of the molecule is C/C=C(\NCCc1ccc(C#N)cc1)[C@@H]1CCN1c1cc(N2CCN(C)CC2)nc(C)n1. The molecule has 2 saturated heterocycles. The van der Waals surface area contributed by atoms with Gasteiger partial charge in [-0.2, -0.15) is 5.26 Å². The summed E-state index contributed by atoms with van der Waals surface area (Å²) in [5.41, 5.74) is 3.19. The van der Waals surface area contributed by atoms with E-state index in [9.17, 15) is 0 Å². The van der Waals surface area contributed by atoms with Crippen molar-refractivity contribution >= 4 is 11.6 Å². The maximum absolute atomic E-state index is 8.95. The van der Waals surface area contributed by atoms with Crippen LogP contribution in [0.25, 0.3) is 0 Å². The third-order valence-corrected chi connectivity index (χ3v) is 6.45. The highest BCUT2D eigenvalue weighted by Crippen LogP contribution is 2.31. The molecule has 7 nitrogen and oxygen atoms in total. The number of aromatic nitrogens is 2. The van der Waals surface area contributed by atoms with Crippen LogP contribution in [0.15, 0.2) is 42.1 Å². The Labute approximate surface area is 191 Å². The van der Waals surface area contributed by atoms with Gasteiger partial charge in [-0.15, -0.1) is 0 Å². The topological polar surface area (TPSA) is 71.3 Å². The fourth-order valence-electron chi connectivity index (χ4n) is 4.38. The standard InChI is InChI=1S/C25H33N7/c1-4-22(27-11-9-20-5-7-21(18-26)8-6-20)23-10-12-32(23)25-17-24(28-19(2)29-25)31-15-13-30(3)14-16-31/h4-8,17,23,27H,9-16H2,1-3H3/b22-4-/t23-/m0/s1. The molecule has 2 fully saturated rings. The highest BCUT2D eigenvalue weighted by Gasteiger charge is 2.32. The quantitative estimate of drug-likeness (QED) is 0.723. The minimum absolute atomic E-state index is 0.329. The third-order valence-electron chi connectivity index (χ3n) is 6.45. The summed E-state index contributed by atoms with van der Waals surface area (Å²) in [6, 6.07) is 12.5. The predicted octanol–water partition coefficient (Wildman–Crippen LogP) is 2.72. The van der Waals surface area contributed by atoms with E-state index in [4.69, 9.17) is 15.2 Å². The van der Waals surface area contributed by atoms with Gasteiger partial charge < -0.3 is 20.0 Å². The van der Waals surface area contributed by atoms with Gasteiger partial charge in [0.25, 0.3) is 0 Å². The first-order valence-electron chi connectivity index (χ1n) is 11.5. The lowest BCUT2D eigenvalue weighted by molar-refractivity contribution is 0.312. The lowest BCUT2D eigenvalue weighted by Gasteiger charge is -2.44. The zero-order chi connectivity index (χ0) is 22.5. The number of nitrogens with zero attached hydrogens (tertiary/aromatic N) is 6. The summed E-state index contributed by atoms with van der Waals surface area (Å²) in [4.78, 5) is 16.6. The molecule has 7 heteroatoms. The fraction of sp³-hybridized carbons (Fsp3) is 0.480. The Morgan fingerprint density at radius 1 is 1.12 bits per heavy atom. The van der Waals surface area contributed by atoms with Crippen LogP contribution in [0.2, 0.25) is 0 Å². The summed E-state index contributed by atoms with van der Waals surface area (Å²) in [6.07, 6.45) is 4.23. The number of benzene rings is 1. The van der Waals surface area contributed by atoms with Crippen LogP contribution >= 0.6 is 0 Å². The molecule has 1 aromatic heterocycles. The number of allylic oxidation sites excluding steroid dienone is 1. The highest BCUT2D eigenvalue weighted by atomic mass is 15.3. The normalized spacial score (nSPS) is 19.4. The third kappa shape index (κ3) is 5.03. The van der Waals surface area contributed by atoms with Gasteiger partial charge in [-0.1, -0.05) is 18.2 Å². The first-order valence-corrected chi connectivity index (χ1v) is 11.5. The van der Waals surface area contributed by atoms with Crippen molar-refractivity contribution in [2.24, 2.45) is 0 Å². The van der Waals surface area contributed by atoms with Gasteiger partial charge in [0, 0.05) is 51.0 Å². The lowest BCUT2D eigenvalue weighted by Crippen LogP contribution is -2.52. The van der Waals surface area contributed by atoms with Crippen LogP contribution in [0.4, 0.5) is 11.6 Å². The number of likely N-dealkylation sites (N-methyl/N-ethyl adjacent to an activating group) is 1. The minimum atomic E-state index is 0.329. The van der Waals surface area contributed by atoms with Crippen molar-refractivity contribution in [2.45, 2.75) is 32.7 Å². The van der Waals surface area contributed by atoms with E-state index in [1.807, 2.05) is 31.2 Å². The van der Waals surface area contributed by atoms with Crippen LogP contribution in [0, 0.1) is 18.3 Å². The van der Waals surface area contributed by atoms with Gasteiger partial charge in [-0.3, -0.25) is 0 Å². The second-order valence-electron chi connectivity index (χ2n) is 8.65. The van der Waals surface area contributed by atoms with Crippen LogP contribution in [0.3, 0.4) is 0 Å². The first kappa shape index (κ1) is 22.1. The zero-order valence-corrected chi connectivity index (χ0v) is 19.4. The number of hydrogen-bond acceptors (Lipinski definition) is 7. The summed E-state index contributed by atoms with van der Waals surface area (Å²) >= 11 is 0. The van der Waals surface area contributed by atoms with Crippen molar-refractivity contribution in [1.82, 2.24) is 20.2 Å². The Morgan fingerprint density at radius 2 is 1.84 bits per heavy atom. The molecule has 168 valence electrons. The molecule has 1 N–H and O–H groups in total. The first-order chi connectivity index (χ1) is 15.6. The van der Waals surface area contributed by atoms with Gasteiger partial charge in [0.15, 0.2) is 0 Å². The molecule has 2 aliphatic rings. The molecular formula is C25H33N7. The fourth-order valence-corrected chi connectivity index (χ4v) is 4.38. The Hall–Kier alpha value is -3.11. The van der Waals surface area contributed by atoms with E-state index in [1.165, 1.54) is 11.3 Å². The van der Waals surface area contributed by atoms with E-state index in [1.54, 1.807) is 0 Å². The molecule has 1 aromatic carbocycles. The van der Waals surface area contributed by atoms with Gasteiger partial charge in [0.1, 0.15) is 17.5 Å². The predicted molar refractivity (Wildman–Crippen MR) is 129 cm³/mol. The Bertz CT molecular complexity index is 984. The average Bonchev–Trinajstić information content (AvgIpc) is 2.78. The molecule has 1 atom stereocenters. The molecule has 32 heavy (non-hydrogen) atoms. The highest BCUT2D eigenvalue weighted by molar-refractivity contribution is 5.55. The minimum Gasteiger partial charge on any atom is -0.387 e. The molecule has 0 saturated carbocycles. The summed E-state index contributed by atoms with van der Waals surface area (Å²) in [5, 5.41) is 12.6. The monoisotopic (exact) mass is 431 g/mol. The van der Waals surface area contributed by atoms with Gasteiger partial charge in [-0.05, 0) is 51.4 Å². The van der Waals surface area contributed by atoms with Crippen molar-refractivity contribution in [3.8, 4) is 6.07 Å². The van der Waals surface area contributed by atoms with E-state index in [0.717, 1.165) is 69.6 Å². The maximum atomic E-state index is 8.95. The number of nitriles is 1. The largest absolute Gasteiger partial charge is 0.387 e. The molecule has 0 amide bonds. The van der Waals surface area contributed by atoms with E-state index >= 15 is 0 Å². The second-order valence-corrected chi connectivity index (χ2v) is 8.65. The van der Waals surface area contributed by atoms with Gasteiger partial charge in [0.05, 0.1) is 17.7 Å². The second kappa shape index (κ2) is 10.0. The number of hydrogen-bond donors (Lipinski definition) is 1. The van der Waals surface area contributed by atoms with Crippen LogP contribution in [-0.4, -0.2) is 67.2 Å². The molecule has 2 aliphatic heterocycles. The Morgan fingerprint density at radius 3 is 2.47 bits per heavy atom. The zero-order valence-electron chi connectivity index (χ0n) is 19.4. The molecule has 2 aromatic rings. The van der Waals surface area contributed by atoms with E-state index in [2.05, 4.69) is 52.2 Å². The number of anilines is 2. The van der Waals surface area contributed by atoms with E-state index in [0.29, 0.717) is 11.6 Å². The number of piperazine rings is 1. The van der Waals surface area contributed by atoms with E-state index < -0.39 is 0 Å². The van der Waals surface area contributed by atoms with Gasteiger partial charge >= 0.3 is 0 Å². The summed E-state index contributed by atoms with van der Waals surface area (Å²) in [5.74, 6) is 2.90. The lowest BCUT2D eigenvalue weighted by atomic mass is 9.98.